The smallest absolute Gasteiger partial charge is 0.172 e. The zero-order valence-electron chi connectivity index (χ0n) is 11.4. The fourth-order valence-corrected chi connectivity index (χ4v) is 2.93. The molecule has 3 nitrogen and oxygen atoms in total. The fourth-order valence-electron chi connectivity index (χ4n) is 2.93. The third kappa shape index (κ3) is 2.11. The predicted octanol–water partition coefficient (Wildman–Crippen LogP) is 2.50. The molecule has 0 spiro atoms. The van der Waals surface area contributed by atoms with Gasteiger partial charge in [0.2, 0.25) is 0 Å². The van der Waals surface area contributed by atoms with Gasteiger partial charge in [-0.15, -0.1) is 0 Å². The zero-order chi connectivity index (χ0) is 13.5. The van der Waals surface area contributed by atoms with E-state index in [1.54, 1.807) is 0 Å². The second kappa shape index (κ2) is 4.73. The molecule has 1 saturated carbocycles. The van der Waals surface area contributed by atoms with E-state index in [9.17, 15) is 4.79 Å². The summed E-state index contributed by atoms with van der Waals surface area (Å²) >= 11 is 0. The molecule has 102 valence electrons. The molecule has 2 atom stereocenters. The first-order valence-electron chi connectivity index (χ1n) is 7.09. The minimum atomic E-state index is -0.571. The quantitative estimate of drug-likeness (QED) is 0.848. The van der Waals surface area contributed by atoms with E-state index in [2.05, 4.69) is 12.1 Å². The second-order valence-electron chi connectivity index (χ2n) is 6.12. The highest BCUT2D eigenvalue weighted by Gasteiger charge is 2.44. The molecule has 2 N–H and O–H groups in total. The van der Waals surface area contributed by atoms with Crippen LogP contribution >= 0.6 is 0 Å². The molecular weight excluding hydrogens is 238 g/mol. The number of ether oxygens (including phenoxy) is 1. The molecular formula is C16H21NO2. The minimum absolute atomic E-state index is 0.124. The van der Waals surface area contributed by atoms with Gasteiger partial charge in [-0.1, -0.05) is 24.6 Å². The Labute approximate surface area is 114 Å². The molecule has 2 fully saturated rings. The Bertz CT molecular complexity index is 495. The van der Waals surface area contributed by atoms with Crippen molar-refractivity contribution in [2.45, 2.75) is 38.1 Å². The van der Waals surface area contributed by atoms with Crippen molar-refractivity contribution >= 4 is 5.78 Å². The van der Waals surface area contributed by atoms with Gasteiger partial charge in [-0.2, -0.15) is 0 Å². The van der Waals surface area contributed by atoms with Crippen molar-refractivity contribution in [2.24, 2.45) is 11.1 Å². The molecule has 0 bridgehead atoms. The van der Waals surface area contributed by atoms with E-state index >= 15 is 0 Å². The van der Waals surface area contributed by atoms with E-state index in [-0.39, 0.29) is 11.8 Å². The van der Waals surface area contributed by atoms with E-state index in [0.29, 0.717) is 19.1 Å². The molecule has 1 heterocycles. The highest BCUT2D eigenvalue weighted by molar-refractivity contribution is 6.01. The van der Waals surface area contributed by atoms with Crippen LogP contribution in [0.1, 0.15) is 48.0 Å². The van der Waals surface area contributed by atoms with Crippen molar-refractivity contribution < 1.29 is 9.53 Å². The Kier molecular flexibility index (Phi) is 3.19. The largest absolute Gasteiger partial charge is 0.379 e. The highest BCUT2D eigenvalue weighted by atomic mass is 16.5. The zero-order valence-corrected chi connectivity index (χ0v) is 11.4. The number of nitrogens with two attached hydrogens (primary N) is 1. The topological polar surface area (TPSA) is 52.3 Å². The number of benzene rings is 1. The summed E-state index contributed by atoms with van der Waals surface area (Å²) in [5, 5.41) is 0. The van der Waals surface area contributed by atoms with E-state index in [0.717, 1.165) is 5.56 Å². The summed E-state index contributed by atoms with van der Waals surface area (Å²) in [5.74, 6) is 0.771. The van der Waals surface area contributed by atoms with Gasteiger partial charge in [-0.25, -0.2) is 0 Å². The van der Waals surface area contributed by atoms with Gasteiger partial charge in [0.15, 0.2) is 5.78 Å². The summed E-state index contributed by atoms with van der Waals surface area (Å²) < 4.78 is 5.38. The van der Waals surface area contributed by atoms with Crippen LogP contribution in [0.3, 0.4) is 0 Å². The van der Waals surface area contributed by atoms with Crippen molar-refractivity contribution in [2.75, 3.05) is 13.2 Å². The lowest BCUT2D eigenvalue weighted by atomic mass is 9.76. The first-order chi connectivity index (χ1) is 9.11. The number of hydrogen-bond acceptors (Lipinski definition) is 3. The molecule has 3 heteroatoms. The molecule has 0 amide bonds. The van der Waals surface area contributed by atoms with E-state index in [4.69, 9.17) is 10.5 Å². The molecule has 2 unspecified atom stereocenters. The van der Waals surface area contributed by atoms with Gasteiger partial charge >= 0.3 is 0 Å². The first kappa shape index (κ1) is 12.8. The average molecular weight is 259 g/mol. The van der Waals surface area contributed by atoms with Crippen LogP contribution in [0.15, 0.2) is 24.3 Å². The van der Waals surface area contributed by atoms with E-state index in [1.165, 1.54) is 24.8 Å². The summed E-state index contributed by atoms with van der Waals surface area (Å²) in [6.07, 6.45) is 3.80. The van der Waals surface area contributed by atoms with Gasteiger partial charge in [-0.3, -0.25) is 4.79 Å². The van der Waals surface area contributed by atoms with Crippen LogP contribution in [0.2, 0.25) is 0 Å². The average Bonchev–Trinajstić information content (AvgIpc) is 2.68. The molecule has 1 aromatic carbocycles. The van der Waals surface area contributed by atoms with Crippen LogP contribution < -0.4 is 5.73 Å². The standard InChI is InChI=1S/C16H21NO2/c1-16(10-19-9-14(16)17)15(18)13-7-3-6-12(8-13)11-4-2-5-11/h3,6-8,11,14H,2,4-5,9-10,17H2,1H3. The third-order valence-corrected chi connectivity index (χ3v) is 4.76. The number of ketones is 1. The van der Waals surface area contributed by atoms with Gasteiger partial charge in [0.05, 0.1) is 18.6 Å². The summed E-state index contributed by atoms with van der Waals surface area (Å²) in [6, 6.07) is 7.88. The van der Waals surface area contributed by atoms with Gasteiger partial charge < -0.3 is 10.5 Å². The molecule has 1 aliphatic carbocycles. The van der Waals surface area contributed by atoms with Crippen LogP contribution in [-0.4, -0.2) is 25.0 Å². The molecule has 1 saturated heterocycles. The summed E-state index contributed by atoms with van der Waals surface area (Å²) in [6.45, 7) is 2.83. The molecule has 0 aromatic heterocycles. The molecule has 1 aromatic rings. The number of hydrogen-bond donors (Lipinski definition) is 1. The summed E-state index contributed by atoms with van der Waals surface area (Å²) in [4.78, 5) is 12.7. The van der Waals surface area contributed by atoms with Crippen LogP contribution in [-0.2, 0) is 4.74 Å². The SMILES string of the molecule is CC1(C(=O)c2cccc(C3CCC3)c2)COCC1N. The third-order valence-electron chi connectivity index (χ3n) is 4.76. The molecule has 2 aliphatic rings. The molecule has 0 radical (unpaired) electrons. The highest BCUT2D eigenvalue weighted by Crippen LogP contribution is 2.37. The van der Waals surface area contributed by atoms with Crippen LogP contribution in [0.25, 0.3) is 0 Å². The number of Topliss-reactive ketones (excluding diaryl/α,β-unsaturated/α-hetero) is 1. The molecule has 19 heavy (non-hydrogen) atoms. The number of carbonyl (C=O) groups is 1. The monoisotopic (exact) mass is 259 g/mol. The van der Waals surface area contributed by atoms with Crippen molar-refractivity contribution in [3.05, 3.63) is 35.4 Å². The van der Waals surface area contributed by atoms with E-state index in [1.807, 2.05) is 19.1 Å². The Morgan fingerprint density at radius 3 is 2.79 bits per heavy atom. The normalized spacial score (nSPS) is 31.2. The van der Waals surface area contributed by atoms with Crippen molar-refractivity contribution in [3.8, 4) is 0 Å². The number of rotatable bonds is 3. The maximum absolute atomic E-state index is 12.7. The first-order valence-corrected chi connectivity index (χ1v) is 7.09. The number of carbonyl (C=O) groups excluding carboxylic acids is 1. The Hall–Kier alpha value is -1.19. The van der Waals surface area contributed by atoms with Gasteiger partial charge in [0.25, 0.3) is 0 Å². The molecule has 1 aliphatic heterocycles. The maximum Gasteiger partial charge on any atom is 0.172 e. The van der Waals surface area contributed by atoms with Gasteiger partial charge in [0.1, 0.15) is 0 Å². The Morgan fingerprint density at radius 1 is 1.42 bits per heavy atom. The lowest BCUT2D eigenvalue weighted by Crippen LogP contribution is -2.44. The van der Waals surface area contributed by atoms with Gasteiger partial charge in [0, 0.05) is 11.6 Å². The van der Waals surface area contributed by atoms with Gasteiger partial charge in [-0.05, 0) is 37.3 Å². The summed E-state index contributed by atoms with van der Waals surface area (Å²) in [5.41, 5.74) is 7.55. The van der Waals surface area contributed by atoms with Crippen molar-refractivity contribution in [1.29, 1.82) is 0 Å². The summed E-state index contributed by atoms with van der Waals surface area (Å²) in [7, 11) is 0. The van der Waals surface area contributed by atoms with Crippen LogP contribution in [0.4, 0.5) is 0 Å². The fraction of sp³-hybridized carbons (Fsp3) is 0.562. The maximum atomic E-state index is 12.7. The Balaban J connectivity index is 1.87. The van der Waals surface area contributed by atoms with Crippen LogP contribution in [0, 0.1) is 5.41 Å². The van der Waals surface area contributed by atoms with Crippen molar-refractivity contribution in [1.82, 2.24) is 0 Å². The van der Waals surface area contributed by atoms with Crippen molar-refractivity contribution in [3.63, 3.8) is 0 Å². The minimum Gasteiger partial charge on any atom is -0.379 e. The lowest BCUT2D eigenvalue weighted by Gasteiger charge is -2.28. The predicted molar refractivity (Wildman–Crippen MR) is 74.3 cm³/mol. The Morgan fingerprint density at radius 2 is 2.21 bits per heavy atom. The second-order valence-corrected chi connectivity index (χ2v) is 6.12. The lowest BCUT2D eigenvalue weighted by molar-refractivity contribution is 0.0767. The van der Waals surface area contributed by atoms with Crippen LogP contribution in [0.5, 0.6) is 0 Å². The van der Waals surface area contributed by atoms with E-state index < -0.39 is 5.41 Å². The molecule has 3 rings (SSSR count).